The van der Waals surface area contributed by atoms with Crippen LogP contribution < -0.4 is 5.19 Å². The van der Waals surface area contributed by atoms with Gasteiger partial charge in [0.25, 0.3) is 0 Å². The van der Waals surface area contributed by atoms with Crippen molar-refractivity contribution in [3.8, 4) is 0 Å². The van der Waals surface area contributed by atoms with Gasteiger partial charge in [0.05, 0.1) is 33.2 Å². The van der Waals surface area contributed by atoms with Crippen LogP contribution in [-0.2, 0) is 9.47 Å². The van der Waals surface area contributed by atoms with E-state index in [1.54, 1.807) is 5.19 Å². The van der Waals surface area contributed by atoms with Crippen LogP contribution in [0.1, 0.15) is 56.9 Å². The summed E-state index contributed by atoms with van der Waals surface area (Å²) in [5.41, 5.74) is 1.53. The molecule has 0 amide bonds. The van der Waals surface area contributed by atoms with Gasteiger partial charge >= 0.3 is 0 Å². The minimum absolute atomic E-state index is 0.439. The molecule has 1 aromatic carbocycles. The summed E-state index contributed by atoms with van der Waals surface area (Å²) in [5, 5.41) is 1.71. The normalized spacial score (nSPS) is 37.9. The monoisotopic (exact) mass is 369 g/mol. The molecule has 6 unspecified atom stereocenters. The average molecular weight is 370 g/mol. The smallest absolute Gasteiger partial charge is 0.0860 e. The van der Waals surface area contributed by atoms with Crippen molar-refractivity contribution in [1.82, 2.24) is 0 Å². The highest BCUT2D eigenvalue weighted by atomic mass is 28.3. The van der Waals surface area contributed by atoms with Crippen molar-refractivity contribution in [3.05, 3.63) is 29.8 Å². The molecule has 3 heteroatoms. The summed E-state index contributed by atoms with van der Waals surface area (Å²) >= 11 is 0. The van der Waals surface area contributed by atoms with Gasteiger partial charge in [-0.05, 0) is 57.3 Å². The Bertz CT molecular complexity index is 600. The summed E-state index contributed by atoms with van der Waals surface area (Å²) in [4.78, 5) is 0. The van der Waals surface area contributed by atoms with E-state index in [-0.39, 0.29) is 0 Å². The molecule has 1 aromatic rings. The van der Waals surface area contributed by atoms with E-state index >= 15 is 0 Å². The number of aryl methyl sites for hydroxylation is 1. The summed E-state index contributed by atoms with van der Waals surface area (Å²) in [6, 6.07) is 12.2. The number of ether oxygens (including phenoxy) is 2. The molecule has 2 saturated heterocycles. The Morgan fingerprint density at radius 2 is 1.38 bits per heavy atom. The van der Waals surface area contributed by atoms with E-state index in [9.17, 15) is 0 Å². The van der Waals surface area contributed by atoms with Gasteiger partial charge in [-0.2, -0.15) is 0 Å². The number of hydrogen-bond acceptors (Lipinski definition) is 2. The molecular formula is C23H33O2Si. The molecule has 0 bridgehead atoms. The van der Waals surface area contributed by atoms with E-state index in [0.29, 0.717) is 24.4 Å². The van der Waals surface area contributed by atoms with Crippen molar-refractivity contribution >= 4 is 14.0 Å². The first-order valence-corrected chi connectivity index (χ1v) is 12.9. The first-order valence-electron chi connectivity index (χ1n) is 11.0. The lowest BCUT2D eigenvalue weighted by atomic mass is 9.87. The van der Waals surface area contributed by atoms with Crippen molar-refractivity contribution < 1.29 is 9.47 Å². The van der Waals surface area contributed by atoms with E-state index in [1.165, 1.54) is 69.0 Å². The van der Waals surface area contributed by atoms with Gasteiger partial charge in [-0.25, -0.2) is 0 Å². The highest BCUT2D eigenvalue weighted by Crippen LogP contribution is 2.42. The molecule has 141 valence electrons. The Morgan fingerprint density at radius 3 is 1.92 bits per heavy atom. The third-order valence-electron chi connectivity index (χ3n) is 7.46. The lowest BCUT2D eigenvalue weighted by molar-refractivity contribution is 0.355. The van der Waals surface area contributed by atoms with Crippen molar-refractivity contribution in [2.75, 3.05) is 0 Å². The summed E-state index contributed by atoms with van der Waals surface area (Å²) in [7, 11) is -0.439. The van der Waals surface area contributed by atoms with Crippen LogP contribution in [0.2, 0.25) is 12.1 Å². The summed E-state index contributed by atoms with van der Waals surface area (Å²) < 4.78 is 11.5. The second-order valence-electron chi connectivity index (χ2n) is 9.28. The molecule has 1 radical (unpaired) electrons. The molecule has 0 spiro atoms. The molecule has 5 rings (SSSR count). The number of benzene rings is 1. The molecule has 2 aliphatic carbocycles. The largest absolute Gasteiger partial charge is 0.370 e. The van der Waals surface area contributed by atoms with Crippen LogP contribution in [-0.4, -0.2) is 33.2 Å². The molecule has 2 saturated carbocycles. The maximum Gasteiger partial charge on any atom is 0.0860 e. The molecule has 0 N–H and O–H groups in total. The van der Waals surface area contributed by atoms with E-state index in [0.717, 1.165) is 11.8 Å². The number of fused-ring (bicyclic) bond motifs is 2. The molecule has 6 atom stereocenters. The predicted octanol–water partition coefficient (Wildman–Crippen LogP) is 4.61. The number of epoxide rings is 2. The van der Waals surface area contributed by atoms with Gasteiger partial charge in [-0.1, -0.05) is 59.9 Å². The Balaban J connectivity index is 1.19. The molecule has 4 fully saturated rings. The quantitative estimate of drug-likeness (QED) is 0.518. The fourth-order valence-corrected chi connectivity index (χ4v) is 8.89. The standard InChI is InChI=1S/C23H33O2Si/c1-16-4-2-3-5-23(16)26(12-10-17-6-8-19-21(14-17)24-19)13-11-18-7-9-20-22(15-18)25-20/h2-5,17-22H,6-15H2,1H3. The predicted molar refractivity (Wildman–Crippen MR) is 107 cm³/mol. The molecular weight excluding hydrogens is 336 g/mol. The maximum atomic E-state index is 5.76. The van der Waals surface area contributed by atoms with Crippen LogP contribution in [0.15, 0.2) is 24.3 Å². The maximum absolute atomic E-state index is 5.76. The second kappa shape index (κ2) is 7.41. The summed E-state index contributed by atoms with van der Waals surface area (Å²) in [5.74, 6) is 1.86. The average Bonchev–Trinajstić information content (AvgIpc) is 3.56. The van der Waals surface area contributed by atoms with Gasteiger partial charge in [-0.3, -0.25) is 0 Å². The zero-order valence-electron chi connectivity index (χ0n) is 16.2. The van der Waals surface area contributed by atoms with Crippen molar-refractivity contribution in [2.24, 2.45) is 11.8 Å². The van der Waals surface area contributed by atoms with Crippen LogP contribution >= 0.6 is 0 Å². The zero-order valence-corrected chi connectivity index (χ0v) is 17.2. The highest BCUT2D eigenvalue weighted by molar-refractivity contribution is 6.73. The third kappa shape index (κ3) is 3.95. The molecule has 26 heavy (non-hydrogen) atoms. The summed E-state index contributed by atoms with van der Waals surface area (Å²) in [6.45, 7) is 2.33. The highest BCUT2D eigenvalue weighted by Gasteiger charge is 2.44. The second-order valence-corrected chi connectivity index (χ2v) is 12.0. The van der Waals surface area contributed by atoms with E-state index in [4.69, 9.17) is 9.47 Å². The van der Waals surface area contributed by atoms with Crippen molar-refractivity contribution in [2.45, 2.75) is 94.8 Å². The van der Waals surface area contributed by atoms with Crippen LogP contribution in [0.25, 0.3) is 0 Å². The minimum atomic E-state index is -0.439. The Morgan fingerprint density at radius 1 is 0.808 bits per heavy atom. The van der Waals surface area contributed by atoms with Gasteiger partial charge in [-0.15, -0.1) is 0 Å². The molecule has 0 aromatic heterocycles. The van der Waals surface area contributed by atoms with Crippen LogP contribution in [0.3, 0.4) is 0 Å². The van der Waals surface area contributed by atoms with Crippen molar-refractivity contribution in [1.29, 1.82) is 0 Å². The van der Waals surface area contributed by atoms with Crippen LogP contribution in [0.4, 0.5) is 0 Å². The topological polar surface area (TPSA) is 25.1 Å². The van der Waals surface area contributed by atoms with Gasteiger partial charge < -0.3 is 9.47 Å². The fraction of sp³-hybridized carbons (Fsp3) is 0.739. The van der Waals surface area contributed by atoms with E-state index < -0.39 is 8.80 Å². The first kappa shape index (κ1) is 17.5. The van der Waals surface area contributed by atoms with Gasteiger partial charge in [0.15, 0.2) is 0 Å². The molecule has 2 heterocycles. The zero-order chi connectivity index (χ0) is 17.5. The lowest BCUT2D eigenvalue weighted by Crippen LogP contribution is -2.33. The Hall–Kier alpha value is -0.643. The molecule has 2 aliphatic heterocycles. The fourth-order valence-electron chi connectivity index (χ4n) is 5.62. The third-order valence-corrected chi connectivity index (χ3v) is 10.6. The first-order chi connectivity index (χ1) is 12.8. The van der Waals surface area contributed by atoms with Gasteiger partial charge in [0.2, 0.25) is 0 Å². The molecule has 2 nitrogen and oxygen atoms in total. The van der Waals surface area contributed by atoms with E-state index in [2.05, 4.69) is 31.2 Å². The van der Waals surface area contributed by atoms with Crippen LogP contribution in [0.5, 0.6) is 0 Å². The summed E-state index contributed by atoms with van der Waals surface area (Å²) in [6.07, 6.45) is 13.6. The van der Waals surface area contributed by atoms with Crippen LogP contribution in [0, 0.1) is 18.8 Å². The van der Waals surface area contributed by atoms with Gasteiger partial charge in [0, 0.05) is 0 Å². The minimum Gasteiger partial charge on any atom is -0.370 e. The Labute approximate surface area is 160 Å². The molecule has 4 aliphatic rings. The van der Waals surface area contributed by atoms with Crippen molar-refractivity contribution in [3.63, 3.8) is 0 Å². The number of hydrogen-bond donors (Lipinski definition) is 0. The van der Waals surface area contributed by atoms with Gasteiger partial charge in [0.1, 0.15) is 0 Å². The lowest BCUT2D eigenvalue weighted by Gasteiger charge is -2.25. The SMILES string of the molecule is Cc1ccccc1[Si](CCC1CCC2OC2C1)CCC1CCC2OC2C1. The number of rotatable bonds is 7. The van der Waals surface area contributed by atoms with E-state index in [1.807, 2.05) is 0 Å². The Kier molecular flexibility index (Phi) is 4.97.